The maximum absolute atomic E-state index is 13.5. The SMILES string of the molecule is CC(C)[C@H](NC(=O)OCCOCCn1cc(CNC(=O)OCCOCCN2C(=O)C=CC2=O)nn1)C(=O)N[C@@H](CCCNC(N)=O)C(=O)Nc1ccc(COC(=O)Oc2ccc([N+]3([O-])CC3)cc2)cc1. The van der Waals surface area contributed by atoms with E-state index in [2.05, 4.69) is 36.9 Å². The number of aromatic nitrogens is 3. The number of hydroxylamine groups is 2. The zero-order valence-electron chi connectivity index (χ0n) is 38.6. The molecule has 0 aliphatic carbocycles. The van der Waals surface area contributed by atoms with Gasteiger partial charge in [0.2, 0.25) is 11.8 Å². The van der Waals surface area contributed by atoms with E-state index in [9.17, 15) is 43.6 Å². The number of carbonyl (C=O) groups excluding carboxylic acids is 8. The molecule has 2 atom stereocenters. The Bertz CT molecular complexity index is 2290. The maximum Gasteiger partial charge on any atom is 0.514 e. The summed E-state index contributed by atoms with van der Waals surface area (Å²) in [4.78, 5) is 99.3. The predicted octanol–water partition coefficient (Wildman–Crippen LogP) is 1.32. The lowest BCUT2D eigenvalue weighted by atomic mass is 10.0. The Morgan fingerprint density at radius 2 is 1.44 bits per heavy atom. The smallest absolute Gasteiger partial charge is 0.514 e. The van der Waals surface area contributed by atoms with Gasteiger partial charge in [-0.05, 0) is 48.6 Å². The molecule has 2 aromatic carbocycles. The molecule has 0 saturated carbocycles. The second-order valence-corrected chi connectivity index (χ2v) is 16.0. The van der Waals surface area contributed by atoms with Crippen molar-refractivity contribution in [2.75, 3.05) is 71.1 Å². The molecule has 1 fully saturated rings. The molecular formula is C44H57N11O15. The van der Waals surface area contributed by atoms with Gasteiger partial charge in [-0.15, -0.1) is 5.10 Å². The quantitative estimate of drug-likeness (QED) is 0.00873. The summed E-state index contributed by atoms with van der Waals surface area (Å²) in [5.41, 5.74) is 7.14. The van der Waals surface area contributed by atoms with Crippen LogP contribution in [0.2, 0.25) is 0 Å². The van der Waals surface area contributed by atoms with Crippen LogP contribution in [0.25, 0.3) is 0 Å². The number of hydrogen-bond acceptors (Lipinski definition) is 17. The van der Waals surface area contributed by atoms with Gasteiger partial charge in [0.05, 0.1) is 52.3 Å². The molecule has 5 rings (SSSR count). The third-order valence-corrected chi connectivity index (χ3v) is 10.3. The van der Waals surface area contributed by atoms with E-state index in [0.717, 1.165) is 4.90 Å². The summed E-state index contributed by atoms with van der Waals surface area (Å²) >= 11 is 0. The minimum atomic E-state index is -1.10. The Morgan fingerprint density at radius 1 is 0.786 bits per heavy atom. The normalized spacial score (nSPS) is 14.3. The molecule has 1 aromatic heterocycles. The molecule has 378 valence electrons. The van der Waals surface area contributed by atoms with Crippen molar-refractivity contribution < 1.29 is 66.8 Å². The van der Waals surface area contributed by atoms with Gasteiger partial charge in [-0.2, -0.15) is 0 Å². The number of hydrogen-bond donors (Lipinski definition) is 6. The van der Waals surface area contributed by atoms with Crippen molar-refractivity contribution in [1.82, 2.24) is 45.8 Å². The first kappa shape index (κ1) is 53.3. The molecule has 0 radical (unpaired) electrons. The van der Waals surface area contributed by atoms with Crippen LogP contribution in [0.4, 0.5) is 30.6 Å². The predicted molar refractivity (Wildman–Crippen MR) is 245 cm³/mol. The van der Waals surface area contributed by atoms with Crippen LogP contribution >= 0.6 is 0 Å². The van der Waals surface area contributed by atoms with Crippen LogP contribution in [0.5, 0.6) is 5.75 Å². The summed E-state index contributed by atoms with van der Waals surface area (Å²) in [5.74, 6) is -2.26. The average molecular weight is 980 g/mol. The van der Waals surface area contributed by atoms with Crippen molar-refractivity contribution in [1.29, 1.82) is 0 Å². The number of quaternary nitrogens is 1. The van der Waals surface area contributed by atoms with E-state index in [1.807, 2.05) is 0 Å². The number of amides is 8. The molecule has 7 N–H and O–H groups in total. The van der Waals surface area contributed by atoms with Crippen molar-refractivity contribution in [2.24, 2.45) is 11.7 Å². The lowest BCUT2D eigenvalue weighted by Gasteiger charge is -2.25. The minimum absolute atomic E-state index is 0.0124. The highest BCUT2D eigenvalue weighted by Crippen LogP contribution is 2.31. The van der Waals surface area contributed by atoms with Gasteiger partial charge in [-0.1, -0.05) is 31.2 Å². The monoisotopic (exact) mass is 979 g/mol. The second-order valence-electron chi connectivity index (χ2n) is 16.0. The third kappa shape index (κ3) is 18.1. The van der Waals surface area contributed by atoms with Gasteiger partial charge in [-0.25, -0.2) is 23.9 Å². The molecule has 0 unspecified atom stereocenters. The summed E-state index contributed by atoms with van der Waals surface area (Å²) < 4.78 is 32.5. The maximum atomic E-state index is 13.5. The Kier molecular flexibility index (Phi) is 20.4. The first-order valence-corrected chi connectivity index (χ1v) is 22.3. The van der Waals surface area contributed by atoms with E-state index in [4.69, 9.17) is 34.2 Å². The van der Waals surface area contributed by atoms with Gasteiger partial charge in [0, 0.05) is 36.5 Å². The van der Waals surface area contributed by atoms with Crippen LogP contribution in [0.1, 0.15) is 37.9 Å². The highest BCUT2D eigenvalue weighted by atomic mass is 16.7. The van der Waals surface area contributed by atoms with Gasteiger partial charge >= 0.3 is 24.4 Å². The van der Waals surface area contributed by atoms with Crippen LogP contribution in [0, 0.1) is 11.1 Å². The van der Waals surface area contributed by atoms with Crippen molar-refractivity contribution in [2.45, 2.75) is 58.5 Å². The van der Waals surface area contributed by atoms with Crippen LogP contribution in [-0.4, -0.2) is 146 Å². The Morgan fingerprint density at radius 3 is 2.09 bits per heavy atom. The summed E-state index contributed by atoms with van der Waals surface area (Å²) in [6, 6.07) is 9.67. The van der Waals surface area contributed by atoms with E-state index in [1.165, 1.54) is 29.0 Å². The Labute approximate surface area is 401 Å². The highest BCUT2D eigenvalue weighted by molar-refractivity contribution is 6.12. The first-order valence-electron chi connectivity index (χ1n) is 22.3. The van der Waals surface area contributed by atoms with E-state index in [0.29, 0.717) is 35.7 Å². The second kappa shape index (κ2) is 26.8. The van der Waals surface area contributed by atoms with Crippen LogP contribution in [0.15, 0.2) is 66.9 Å². The molecule has 2 aliphatic heterocycles. The van der Waals surface area contributed by atoms with Gasteiger partial charge in [-0.3, -0.25) is 24.1 Å². The van der Waals surface area contributed by atoms with E-state index < -0.39 is 70.6 Å². The van der Waals surface area contributed by atoms with Gasteiger partial charge in [0.25, 0.3) is 11.8 Å². The molecule has 3 heterocycles. The largest absolute Gasteiger partial charge is 0.627 e. The molecule has 2 aliphatic rings. The summed E-state index contributed by atoms with van der Waals surface area (Å²) in [5, 5.41) is 33.0. The lowest BCUT2D eigenvalue weighted by molar-refractivity contribution is -0.137. The first-order chi connectivity index (χ1) is 33.6. The number of primary amides is 1. The molecule has 8 amide bonds. The number of imide groups is 1. The number of urea groups is 1. The van der Waals surface area contributed by atoms with Crippen molar-refractivity contribution in [3.63, 3.8) is 0 Å². The van der Waals surface area contributed by atoms with Gasteiger partial charge < -0.3 is 70.6 Å². The number of alkyl carbamates (subject to hydrolysis) is 2. The fourth-order valence-electron chi connectivity index (χ4n) is 6.37. The Hall–Kier alpha value is -7.68. The fourth-order valence-corrected chi connectivity index (χ4v) is 6.37. The molecule has 26 heteroatoms. The summed E-state index contributed by atoms with van der Waals surface area (Å²) in [7, 11) is 0. The topological polar surface area (TPSA) is 335 Å². The Balaban J connectivity index is 0.966. The molecular weight excluding hydrogens is 923 g/mol. The number of benzene rings is 2. The van der Waals surface area contributed by atoms with Gasteiger partial charge in [0.1, 0.15) is 62.1 Å². The van der Waals surface area contributed by atoms with Crippen molar-refractivity contribution in [3.8, 4) is 5.75 Å². The van der Waals surface area contributed by atoms with Crippen LogP contribution in [-0.2, 0) is 62.6 Å². The number of anilines is 1. The molecule has 3 aromatic rings. The zero-order chi connectivity index (χ0) is 50.5. The number of carbonyl (C=O) groups is 8. The van der Waals surface area contributed by atoms with Crippen LogP contribution < -0.4 is 41.7 Å². The number of nitrogens with one attached hydrogen (secondary N) is 5. The number of nitrogens with zero attached hydrogens (tertiary/aromatic N) is 5. The lowest BCUT2D eigenvalue weighted by Crippen LogP contribution is -2.54. The zero-order valence-corrected chi connectivity index (χ0v) is 38.6. The third-order valence-electron chi connectivity index (χ3n) is 10.3. The van der Waals surface area contributed by atoms with Crippen molar-refractivity contribution >= 4 is 59.4 Å². The molecule has 0 bridgehead atoms. The van der Waals surface area contributed by atoms with E-state index in [1.54, 1.807) is 56.4 Å². The molecule has 1 saturated heterocycles. The number of ether oxygens (including phenoxy) is 6. The fraction of sp³-hybridized carbons (Fsp3) is 0.455. The van der Waals surface area contributed by atoms with E-state index >= 15 is 0 Å². The molecule has 70 heavy (non-hydrogen) atoms. The number of nitrogens with two attached hydrogens (primary N) is 1. The van der Waals surface area contributed by atoms with Crippen molar-refractivity contribution in [3.05, 3.63) is 83.3 Å². The average Bonchev–Trinajstić information content (AvgIpc) is 3.78. The standard InChI is InChI=1S/C44H57N11O15/c1-29(2)38(50-43(62)68-25-23-65-20-16-53-27-32(51-52-53)26-47-42(61)67-24-22-66-21-17-54-36(56)13-14-37(54)57)40(59)49-35(4-3-15-46-41(45)60)39(58)48-31-7-5-30(6-8-31)28-69-44(63)70-34-11-9-33(10-12-34)55(64)18-19-55/h5-14,27,29,35,38H,3-4,15-26,28H2,1-2H3,(H,47,61)(H,48,58)(H,49,59)(H,50,62)(H3,45,46,60)/t35-,38-/m0/s1. The van der Waals surface area contributed by atoms with Crippen LogP contribution in [0.3, 0.4) is 0 Å². The van der Waals surface area contributed by atoms with E-state index in [-0.39, 0.29) is 91.0 Å². The van der Waals surface area contributed by atoms with Gasteiger partial charge in [0.15, 0.2) is 0 Å². The summed E-state index contributed by atoms with van der Waals surface area (Å²) in [6.45, 7) is 4.96. The molecule has 26 nitrogen and oxygen atoms in total. The molecule has 0 spiro atoms. The minimum Gasteiger partial charge on any atom is -0.627 e. The summed E-state index contributed by atoms with van der Waals surface area (Å²) in [6.07, 6.45) is 1.76. The number of rotatable bonds is 28. The highest BCUT2D eigenvalue weighted by Gasteiger charge is 2.35.